The van der Waals surface area contributed by atoms with Gasteiger partial charge < -0.3 is 5.11 Å². The highest BCUT2D eigenvalue weighted by atomic mass is 35.5. The Morgan fingerprint density at radius 1 is 1.43 bits per heavy atom. The highest BCUT2D eigenvalue weighted by molar-refractivity contribution is 7.10. The van der Waals surface area contributed by atoms with E-state index in [4.69, 9.17) is 11.6 Å². The van der Waals surface area contributed by atoms with Gasteiger partial charge in [-0.05, 0) is 24.3 Å². The van der Waals surface area contributed by atoms with E-state index in [1.54, 1.807) is 6.07 Å². The van der Waals surface area contributed by atoms with Gasteiger partial charge in [0.25, 0.3) is 0 Å². The lowest BCUT2D eigenvalue weighted by Crippen LogP contribution is -2.30. The van der Waals surface area contributed by atoms with Crippen molar-refractivity contribution in [1.29, 1.82) is 0 Å². The average molecular weight is 231 g/mol. The zero-order valence-electron chi connectivity index (χ0n) is 7.62. The fraction of sp³-hybridized carbons (Fsp3) is 0.500. The lowest BCUT2D eigenvalue weighted by atomic mass is 9.83. The normalized spacial score (nSPS) is 21.1. The van der Waals surface area contributed by atoms with E-state index in [0.29, 0.717) is 30.7 Å². The van der Waals surface area contributed by atoms with E-state index in [-0.39, 0.29) is 5.78 Å². The summed E-state index contributed by atoms with van der Waals surface area (Å²) in [5.74, 6) is 0.238. The molecule has 1 aliphatic rings. The van der Waals surface area contributed by atoms with Crippen LogP contribution in [0.25, 0.3) is 0 Å². The Balaban J connectivity index is 2.25. The summed E-state index contributed by atoms with van der Waals surface area (Å²) in [6.07, 6.45) is 1.94. The maximum atomic E-state index is 11.1. The number of carbonyl (C=O) groups is 1. The molecule has 1 N–H and O–H groups in total. The fourth-order valence-corrected chi connectivity index (χ4v) is 3.19. The number of rotatable bonds is 1. The Bertz CT molecular complexity index is 349. The van der Waals surface area contributed by atoms with Gasteiger partial charge in [0.15, 0.2) is 0 Å². The SMILES string of the molecule is O=C1CCC(O)(c2sccc2Cl)CC1. The molecule has 0 aliphatic heterocycles. The maximum Gasteiger partial charge on any atom is 0.133 e. The van der Waals surface area contributed by atoms with E-state index in [9.17, 15) is 9.90 Å². The lowest BCUT2D eigenvalue weighted by Gasteiger charge is -2.30. The van der Waals surface area contributed by atoms with Gasteiger partial charge in [-0.3, -0.25) is 4.79 Å². The summed E-state index contributed by atoms with van der Waals surface area (Å²) in [5, 5.41) is 12.8. The van der Waals surface area contributed by atoms with E-state index in [1.165, 1.54) is 11.3 Å². The van der Waals surface area contributed by atoms with E-state index >= 15 is 0 Å². The second-order valence-electron chi connectivity index (χ2n) is 3.67. The van der Waals surface area contributed by atoms with Gasteiger partial charge in [-0.1, -0.05) is 11.6 Å². The predicted octanol–water partition coefficient (Wildman–Crippen LogP) is 2.73. The second kappa shape index (κ2) is 3.65. The standard InChI is InChI=1S/C10H11ClO2S/c11-8-3-6-14-9(8)10(13)4-1-7(12)2-5-10/h3,6,13H,1-2,4-5H2. The highest BCUT2D eigenvalue weighted by Gasteiger charge is 2.36. The lowest BCUT2D eigenvalue weighted by molar-refractivity contribution is -0.125. The molecule has 1 aromatic rings. The Morgan fingerprint density at radius 3 is 2.57 bits per heavy atom. The molecule has 14 heavy (non-hydrogen) atoms. The summed E-state index contributed by atoms with van der Waals surface area (Å²) < 4.78 is 0. The number of ketones is 1. The first-order chi connectivity index (χ1) is 6.62. The Labute approximate surface area is 91.5 Å². The van der Waals surface area contributed by atoms with Crippen LogP contribution < -0.4 is 0 Å². The quantitative estimate of drug-likeness (QED) is 0.806. The molecule has 0 radical (unpaired) electrons. The maximum absolute atomic E-state index is 11.1. The van der Waals surface area contributed by atoms with Gasteiger partial charge in [-0.25, -0.2) is 0 Å². The minimum absolute atomic E-state index is 0.238. The zero-order chi connectivity index (χ0) is 10.2. The molecule has 0 spiro atoms. The molecule has 0 amide bonds. The minimum atomic E-state index is -0.862. The van der Waals surface area contributed by atoms with Crippen molar-refractivity contribution < 1.29 is 9.90 Å². The summed E-state index contributed by atoms with van der Waals surface area (Å²) in [4.78, 5) is 11.9. The Kier molecular flexibility index (Phi) is 2.64. The molecule has 0 atom stereocenters. The van der Waals surface area contributed by atoms with Crippen LogP contribution in [0.3, 0.4) is 0 Å². The van der Waals surface area contributed by atoms with Crippen molar-refractivity contribution in [3.05, 3.63) is 21.3 Å². The summed E-state index contributed by atoms with van der Waals surface area (Å²) in [7, 11) is 0. The number of aliphatic hydroxyl groups is 1. The van der Waals surface area contributed by atoms with E-state index < -0.39 is 5.60 Å². The van der Waals surface area contributed by atoms with E-state index in [0.717, 1.165) is 4.88 Å². The van der Waals surface area contributed by atoms with Crippen molar-refractivity contribution in [2.45, 2.75) is 31.3 Å². The van der Waals surface area contributed by atoms with Crippen LogP contribution in [-0.2, 0) is 10.4 Å². The first kappa shape index (κ1) is 10.1. The number of carbonyl (C=O) groups excluding carboxylic acids is 1. The van der Waals surface area contributed by atoms with Crippen molar-refractivity contribution in [3.8, 4) is 0 Å². The number of halogens is 1. The molecule has 0 aromatic carbocycles. The van der Waals surface area contributed by atoms with Crippen LogP contribution in [0.15, 0.2) is 11.4 Å². The molecule has 1 aliphatic carbocycles. The first-order valence-electron chi connectivity index (χ1n) is 4.59. The molecular weight excluding hydrogens is 220 g/mol. The zero-order valence-corrected chi connectivity index (χ0v) is 9.20. The molecule has 0 saturated heterocycles. The van der Waals surface area contributed by atoms with Crippen LogP contribution in [0, 0.1) is 0 Å². The molecule has 4 heteroatoms. The molecule has 2 nitrogen and oxygen atoms in total. The number of thiophene rings is 1. The summed E-state index contributed by atoms with van der Waals surface area (Å²) >= 11 is 7.43. The molecule has 0 bridgehead atoms. The number of hydrogen-bond donors (Lipinski definition) is 1. The van der Waals surface area contributed by atoms with Gasteiger partial charge in [0.1, 0.15) is 11.4 Å². The molecular formula is C10H11ClO2S. The molecule has 0 unspecified atom stereocenters. The number of hydrogen-bond acceptors (Lipinski definition) is 3. The predicted molar refractivity (Wildman–Crippen MR) is 56.7 cm³/mol. The van der Waals surface area contributed by atoms with Crippen LogP contribution in [0.4, 0.5) is 0 Å². The van der Waals surface area contributed by atoms with Gasteiger partial charge in [0, 0.05) is 12.8 Å². The van der Waals surface area contributed by atoms with E-state index in [2.05, 4.69) is 0 Å². The van der Waals surface area contributed by atoms with Gasteiger partial charge in [-0.15, -0.1) is 11.3 Å². The Hall–Kier alpha value is -0.380. The molecule has 76 valence electrons. The van der Waals surface area contributed by atoms with Crippen molar-refractivity contribution in [1.82, 2.24) is 0 Å². The van der Waals surface area contributed by atoms with Crippen molar-refractivity contribution in [2.24, 2.45) is 0 Å². The summed E-state index contributed by atoms with van der Waals surface area (Å²) in [6.45, 7) is 0. The van der Waals surface area contributed by atoms with Crippen molar-refractivity contribution >= 4 is 28.7 Å². The van der Waals surface area contributed by atoms with Crippen LogP contribution >= 0.6 is 22.9 Å². The van der Waals surface area contributed by atoms with Crippen LogP contribution in [-0.4, -0.2) is 10.9 Å². The van der Waals surface area contributed by atoms with Crippen LogP contribution in [0.1, 0.15) is 30.6 Å². The van der Waals surface area contributed by atoms with Crippen molar-refractivity contribution in [3.63, 3.8) is 0 Å². The fourth-order valence-electron chi connectivity index (χ4n) is 1.80. The first-order valence-corrected chi connectivity index (χ1v) is 5.85. The van der Waals surface area contributed by atoms with Crippen LogP contribution in [0.2, 0.25) is 5.02 Å². The molecule has 1 aromatic heterocycles. The summed E-state index contributed by atoms with van der Waals surface area (Å²) in [6, 6.07) is 1.79. The van der Waals surface area contributed by atoms with Crippen LogP contribution in [0.5, 0.6) is 0 Å². The minimum Gasteiger partial charge on any atom is -0.384 e. The Morgan fingerprint density at radius 2 is 2.07 bits per heavy atom. The largest absolute Gasteiger partial charge is 0.384 e. The molecule has 2 rings (SSSR count). The number of Topliss-reactive ketones (excluding diaryl/α,β-unsaturated/α-hetero) is 1. The third-order valence-electron chi connectivity index (χ3n) is 2.67. The monoisotopic (exact) mass is 230 g/mol. The molecule has 1 heterocycles. The smallest absolute Gasteiger partial charge is 0.133 e. The third kappa shape index (κ3) is 1.72. The van der Waals surface area contributed by atoms with Gasteiger partial charge in [-0.2, -0.15) is 0 Å². The highest BCUT2D eigenvalue weighted by Crippen LogP contribution is 2.41. The summed E-state index contributed by atoms with van der Waals surface area (Å²) in [5.41, 5.74) is -0.862. The third-order valence-corrected chi connectivity index (χ3v) is 4.21. The van der Waals surface area contributed by atoms with Gasteiger partial charge >= 0.3 is 0 Å². The average Bonchev–Trinajstić information content (AvgIpc) is 2.58. The second-order valence-corrected chi connectivity index (χ2v) is 4.99. The molecule has 1 saturated carbocycles. The van der Waals surface area contributed by atoms with Crippen molar-refractivity contribution in [2.75, 3.05) is 0 Å². The van der Waals surface area contributed by atoms with Gasteiger partial charge in [0.2, 0.25) is 0 Å². The van der Waals surface area contributed by atoms with Gasteiger partial charge in [0.05, 0.1) is 9.90 Å². The van der Waals surface area contributed by atoms with E-state index in [1.807, 2.05) is 5.38 Å². The topological polar surface area (TPSA) is 37.3 Å². The molecule has 1 fully saturated rings.